The molecule has 3 rings (SSSR count). The van der Waals surface area contributed by atoms with E-state index in [1.807, 2.05) is 19.2 Å². The molecule has 1 aliphatic heterocycles. The highest BCUT2D eigenvalue weighted by Crippen LogP contribution is 2.33. The number of carbonyl (C=O) groups is 1. The van der Waals surface area contributed by atoms with Crippen molar-refractivity contribution in [1.82, 2.24) is 15.8 Å². The number of unbranched alkanes of at least 4 members (excludes halogenated alkanes) is 2. The second-order valence-electron chi connectivity index (χ2n) is 7.56. The number of amides is 1. The maximum atomic E-state index is 13.0. The van der Waals surface area contributed by atoms with E-state index in [2.05, 4.69) is 10.9 Å². The van der Waals surface area contributed by atoms with Gasteiger partial charge in [0.15, 0.2) is 0 Å². The van der Waals surface area contributed by atoms with E-state index in [0.717, 1.165) is 57.1 Å². The highest BCUT2D eigenvalue weighted by atomic mass is 35.5. The normalized spacial score (nSPS) is 23.3. The van der Waals surface area contributed by atoms with Crippen molar-refractivity contribution in [2.75, 3.05) is 13.6 Å². The monoisotopic (exact) mass is 384 g/mol. The van der Waals surface area contributed by atoms with Crippen molar-refractivity contribution in [3.8, 4) is 0 Å². The van der Waals surface area contributed by atoms with Crippen LogP contribution < -0.4 is 16.6 Å². The lowest BCUT2D eigenvalue weighted by Crippen LogP contribution is -2.44. The average Bonchev–Trinajstić information content (AvgIpc) is 3.18. The third-order valence-corrected chi connectivity index (χ3v) is 5.36. The quantitative estimate of drug-likeness (QED) is 0.603. The molecule has 0 aromatic heterocycles. The Morgan fingerprint density at radius 3 is 2.58 bits per heavy atom. The van der Waals surface area contributed by atoms with Gasteiger partial charge in [0.2, 0.25) is 5.91 Å². The molecule has 7 heteroatoms. The Bertz CT molecular complexity index is 594. The molecule has 5 nitrogen and oxygen atoms in total. The van der Waals surface area contributed by atoms with Gasteiger partial charge in [-0.15, -0.1) is 12.4 Å². The van der Waals surface area contributed by atoms with Gasteiger partial charge in [0.25, 0.3) is 0 Å². The van der Waals surface area contributed by atoms with Gasteiger partial charge in [0.05, 0.1) is 5.54 Å². The maximum Gasteiger partial charge on any atom is 0.242 e. The van der Waals surface area contributed by atoms with Crippen LogP contribution in [-0.2, 0) is 4.79 Å². The molecule has 2 atom stereocenters. The summed E-state index contributed by atoms with van der Waals surface area (Å²) < 4.78 is 13.0. The van der Waals surface area contributed by atoms with Crippen LogP contribution in [0.25, 0.3) is 0 Å². The number of carbonyl (C=O) groups excluding carboxylic acids is 1. The van der Waals surface area contributed by atoms with Crippen molar-refractivity contribution < 1.29 is 9.18 Å². The van der Waals surface area contributed by atoms with E-state index < -0.39 is 5.54 Å². The Labute approximate surface area is 161 Å². The summed E-state index contributed by atoms with van der Waals surface area (Å²) in [6.45, 7) is 0.784. The molecule has 1 aromatic rings. The lowest BCUT2D eigenvalue weighted by Gasteiger charge is -2.20. The lowest BCUT2D eigenvalue weighted by molar-refractivity contribution is -0.132. The number of nitrogens with zero attached hydrogens (tertiary/aromatic N) is 1. The van der Waals surface area contributed by atoms with Gasteiger partial charge >= 0.3 is 0 Å². The summed E-state index contributed by atoms with van der Waals surface area (Å²) in [6.07, 6.45) is 7.01. The number of hydrogen-bond donors (Lipinski definition) is 3. The van der Waals surface area contributed by atoms with Gasteiger partial charge in [-0.1, -0.05) is 25.0 Å². The topological polar surface area (TPSA) is 70.4 Å². The molecule has 1 saturated carbocycles. The summed E-state index contributed by atoms with van der Waals surface area (Å²) in [4.78, 5) is 13.8. The zero-order valence-corrected chi connectivity index (χ0v) is 16.2. The summed E-state index contributed by atoms with van der Waals surface area (Å²) in [5, 5.41) is 0. The number of hydrazine groups is 1. The Hall–Kier alpha value is -1.21. The van der Waals surface area contributed by atoms with Gasteiger partial charge in [-0.2, -0.15) is 0 Å². The third kappa shape index (κ3) is 5.39. The summed E-state index contributed by atoms with van der Waals surface area (Å²) in [6, 6.07) is 7.38. The molecular weight excluding hydrogens is 355 g/mol. The van der Waals surface area contributed by atoms with Crippen LogP contribution in [0.4, 0.5) is 4.39 Å². The molecule has 0 radical (unpaired) electrons. The molecule has 26 heavy (non-hydrogen) atoms. The maximum absolute atomic E-state index is 13.0. The van der Waals surface area contributed by atoms with E-state index in [9.17, 15) is 9.18 Å². The first-order chi connectivity index (χ1) is 12.0. The second kappa shape index (κ2) is 9.13. The number of hydrogen-bond acceptors (Lipinski definition) is 4. The fourth-order valence-corrected chi connectivity index (χ4v) is 3.47. The van der Waals surface area contributed by atoms with Gasteiger partial charge in [0.1, 0.15) is 5.82 Å². The fraction of sp³-hybridized carbons (Fsp3) is 0.632. The van der Waals surface area contributed by atoms with Crippen molar-refractivity contribution >= 4 is 18.3 Å². The molecule has 2 aliphatic rings. The van der Waals surface area contributed by atoms with Crippen molar-refractivity contribution in [1.29, 1.82) is 0 Å². The number of likely N-dealkylation sites (N-methyl/N-ethyl adjacent to an activating group) is 1. The molecule has 1 amide bonds. The Morgan fingerprint density at radius 1 is 1.23 bits per heavy atom. The van der Waals surface area contributed by atoms with E-state index in [4.69, 9.17) is 5.73 Å². The molecule has 1 aromatic carbocycles. The lowest BCUT2D eigenvalue weighted by atomic mass is 9.99. The van der Waals surface area contributed by atoms with E-state index in [1.54, 1.807) is 4.90 Å². The third-order valence-electron chi connectivity index (χ3n) is 5.36. The Kier molecular flexibility index (Phi) is 7.41. The van der Waals surface area contributed by atoms with Crippen LogP contribution >= 0.6 is 12.4 Å². The second-order valence-corrected chi connectivity index (χ2v) is 7.56. The van der Waals surface area contributed by atoms with Crippen LogP contribution in [0.5, 0.6) is 0 Å². The van der Waals surface area contributed by atoms with E-state index >= 15 is 0 Å². The molecule has 1 saturated heterocycles. The standard InChI is InChI=1S/C19H29FN4O.ClH/c1-24(18(25)19(21)10-11-19)12-4-2-3-5-16-13-17(23-22-16)14-6-8-15(20)9-7-14;/h6-9,16-17,22-23H,2-5,10-13,21H2,1H3;1H. The minimum atomic E-state index is -0.552. The number of nitrogens with one attached hydrogen (secondary N) is 2. The minimum Gasteiger partial charge on any atom is -0.344 e. The zero-order valence-electron chi connectivity index (χ0n) is 15.3. The van der Waals surface area contributed by atoms with E-state index in [1.165, 1.54) is 12.1 Å². The van der Waals surface area contributed by atoms with Crippen molar-refractivity contribution in [3.63, 3.8) is 0 Å². The highest BCUT2D eigenvalue weighted by molar-refractivity contribution is 5.88. The van der Waals surface area contributed by atoms with Crippen LogP contribution in [0, 0.1) is 5.82 Å². The molecular formula is C19H30ClFN4O. The number of benzene rings is 1. The van der Waals surface area contributed by atoms with E-state index in [-0.39, 0.29) is 30.2 Å². The smallest absolute Gasteiger partial charge is 0.242 e. The van der Waals surface area contributed by atoms with Gasteiger partial charge in [-0.3, -0.25) is 15.6 Å². The predicted molar refractivity (Wildman–Crippen MR) is 103 cm³/mol. The number of halogens is 2. The Morgan fingerprint density at radius 2 is 1.92 bits per heavy atom. The van der Waals surface area contributed by atoms with Crippen molar-refractivity contribution in [3.05, 3.63) is 35.6 Å². The zero-order chi connectivity index (χ0) is 17.9. The highest BCUT2D eigenvalue weighted by Gasteiger charge is 2.47. The molecule has 1 heterocycles. The van der Waals surface area contributed by atoms with Gasteiger partial charge in [-0.25, -0.2) is 4.39 Å². The van der Waals surface area contributed by atoms with Gasteiger partial charge < -0.3 is 10.6 Å². The number of nitrogens with two attached hydrogens (primary N) is 1. The number of rotatable bonds is 8. The van der Waals surface area contributed by atoms with Crippen LogP contribution in [0.2, 0.25) is 0 Å². The van der Waals surface area contributed by atoms with Crippen LogP contribution in [0.3, 0.4) is 0 Å². The molecule has 146 valence electrons. The fourth-order valence-electron chi connectivity index (χ4n) is 3.47. The average molecular weight is 385 g/mol. The SMILES string of the molecule is CN(CCCCCC1CC(c2ccc(F)cc2)NN1)C(=O)C1(N)CC1.Cl. The largest absolute Gasteiger partial charge is 0.344 e. The molecule has 2 fully saturated rings. The van der Waals surface area contributed by atoms with Crippen LogP contribution in [0.15, 0.2) is 24.3 Å². The summed E-state index contributed by atoms with van der Waals surface area (Å²) in [5.41, 5.74) is 13.2. The molecule has 2 unspecified atom stereocenters. The Balaban J connectivity index is 0.00000243. The molecule has 0 spiro atoms. The first-order valence-electron chi connectivity index (χ1n) is 9.29. The van der Waals surface area contributed by atoms with Crippen molar-refractivity contribution in [2.45, 2.75) is 62.6 Å². The first kappa shape index (κ1) is 21.1. The van der Waals surface area contributed by atoms with Gasteiger partial charge in [-0.05, 0) is 49.8 Å². The molecule has 0 bridgehead atoms. The van der Waals surface area contributed by atoms with Crippen molar-refractivity contribution in [2.24, 2.45) is 5.73 Å². The van der Waals surface area contributed by atoms with Crippen LogP contribution in [-0.4, -0.2) is 36.0 Å². The summed E-state index contributed by atoms with van der Waals surface area (Å²) in [7, 11) is 1.85. The van der Waals surface area contributed by atoms with Gasteiger partial charge in [0, 0.05) is 25.7 Å². The summed E-state index contributed by atoms with van der Waals surface area (Å²) >= 11 is 0. The van der Waals surface area contributed by atoms with Crippen LogP contribution in [0.1, 0.15) is 56.6 Å². The summed E-state index contributed by atoms with van der Waals surface area (Å²) in [5.74, 6) is -0.103. The predicted octanol–water partition coefficient (Wildman–Crippen LogP) is 2.67. The first-order valence-corrected chi connectivity index (χ1v) is 9.29. The van der Waals surface area contributed by atoms with E-state index in [0.29, 0.717) is 6.04 Å². The molecule has 1 aliphatic carbocycles. The minimum absolute atomic E-state index is 0. The molecule has 4 N–H and O–H groups in total.